The number of carbonyl (C=O) groups is 4. The molecule has 1 aromatic carbocycles. The van der Waals surface area contributed by atoms with Crippen LogP contribution in [0.25, 0.3) is 0 Å². The second-order valence-electron chi connectivity index (χ2n) is 8.12. The van der Waals surface area contributed by atoms with Gasteiger partial charge in [-0.05, 0) is 35.7 Å². The summed E-state index contributed by atoms with van der Waals surface area (Å²) in [5.41, 5.74) is 0.140. The van der Waals surface area contributed by atoms with Crippen LogP contribution in [-0.4, -0.2) is 60.6 Å². The number of amides is 3. The molecule has 0 spiro atoms. The number of Topliss-reactive ketones (excluding diaryl/α,β-unsaturated/α-hetero) is 1. The van der Waals surface area contributed by atoms with Gasteiger partial charge in [0.2, 0.25) is 11.8 Å². The van der Waals surface area contributed by atoms with E-state index in [0.717, 1.165) is 11.3 Å². The van der Waals surface area contributed by atoms with E-state index in [9.17, 15) is 37.5 Å². The number of benzene rings is 1. The fourth-order valence-corrected chi connectivity index (χ4v) is 4.09. The predicted octanol–water partition coefficient (Wildman–Crippen LogP) is 2.63. The minimum Gasteiger partial charge on any atom is -0.497 e. The first-order valence-electron chi connectivity index (χ1n) is 10.8. The number of rotatable bonds is 11. The van der Waals surface area contributed by atoms with Crippen LogP contribution in [0.15, 0.2) is 36.4 Å². The third-order valence-corrected chi connectivity index (χ3v) is 6.36. The zero-order valence-corrected chi connectivity index (χ0v) is 21.5. The number of hydrogen-bond donors (Lipinski definition) is 4. The highest BCUT2D eigenvalue weighted by atomic mass is 35.5. The first kappa shape index (κ1) is 30.1. The Morgan fingerprint density at radius 1 is 1.00 bits per heavy atom. The number of aliphatic hydroxyl groups is 1. The van der Waals surface area contributed by atoms with Crippen molar-refractivity contribution in [3.05, 3.63) is 51.2 Å². The lowest BCUT2D eigenvalue weighted by atomic mass is 9.97. The van der Waals surface area contributed by atoms with E-state index < -0.39 is 60.3 Å². The van der Waals surface area contributed by atoms with Gasteiger partial charge >= 0.3 is 6.18 Å². The predicted molar refractivity (Wildman–Crippen MR) is 129 cm³/mol. The number of halogens is 4. The van der Waals surface area contributed by atoms with Crippen LogP contribution in [0.1, 0.15) is 35.1 Å². The molecule has 0 saturated heterocycles. The van der Waals surface area contributed by atoms with Gasteiger partial charge in [-0.2, -0.15) is 13.2 Å². The summed E-state index contributed by atoms with van der Waals surface area (Å²) in [6.07, 6.45) is -5.20. The van der Waals surface area contributed by atoms with Crippen LogP contribution in [0.3, 0.4) is 0 Å². The molecule has 0 aliphatic heterocycles. The van der Waals surface area contributed by atoms with Gasteiger partial charge in [0.15, 0.2) is 0 Å². The Morgan fingerprint density at radius 3 is 2.08 bits per heavy atom. The number of hydrogen-bond acceptors (Lipinski definition) is 7. The first-order chi connectivity index (χ1) is 17.3. The summed E-state index contributed by atoms with van der Waals surface area (Å²) in [6, 6.07) is 3.55. The van der Waals surface area contributed by atoms with Crippen molar-refractivity contribution in [2.75, 3.05) is 13.7 Å². The molecule has 0 aliphatic rings. The van der Waals surface area contributed by atoms with Crippen molar-refractivity contribution < 1.29 is 42.2 Å². The number of ketones is 1. The molecule has 9 nitrogen and oxygen atoms in total. The zero-order chi connectivity index (χ0) is 27.9. The second-order valence-corrected chi connectivity index (χ2v) is 9.83. The van der Waals surface area contributed by atoms with Crippen molar-refractivity contribution in [1.29, 1.82) is 0 Å². The van der Waals surface area contributed by atoms with Gasteiger partial charge in [0, 0.05) is 0 Å². The molecule has 0 fully saturated rings. The van der Waals surface area contributed by atoms with Crippen LogP contribution in [-0.2, 0) is 14.4 Å². The maximum absolute atomic E-state index is 13.1. The van der Waals surface area contributed by atoms with Crippen molar-refractivity contribution in [3.63, 3.8) is 0 Å². The molecule has 0 aliphatic carbocycles. The average molecular weight is 564 g/mol. The minimum absolute atomic E-state index is 0.140. The first-order valence-corrected chi connectivity index (χ1v) is 12.0. The number of carbonyl (C=O) groups excluding carboxylic acids is 4. The quantitative estimate of drug-likeness (QED) is 0.332. The summed E-state index contributed by atoms with van der Waals surface area (Å²) in [7, 11) is 1.40. The Bertz CT molecular complexity index is 1120. The van der Waals surface area contributed by atoms with E-state index in [0.29, 0.717) is 10.1 Å². The lowest BCUT2D eigenvalue weighted by Gasteiger charge is -2.27. The van der Waals surface area contributed by atoms with E-state index >= 15 is 0 Å². The lowest BCUT2D eigenvalue weighted by molar-refractivity contribution is -0.175. The highest BCUT2D eigenvalue weighted by molar-refractivity contribution is 7.18. The molecule has 4 N–H and O–H groups in total. The van der Waals surface area contributed by atoms with E-state index in [4.69, 9.17) is 16.3 Å². The Balaban J connectivity index is 2.31. The van der Waals surface area contributed by atoms with Gasteiger partial charge in [0.25, 0.3) is 11.7 Å². The van der Waals surface area contributed by atoms with Gasteiger partial charge in [0.05, 0.1) is 29.0 Å². The number of methoxy groups -OCH3 is 1. The molecule has 0 unspecified atom stereocenters. The SMILES string of the molecule is COc1ccc([C@H](NC(=O)[C@H](CO)NC(=O)c2ccc(Cl)s2)C(=O)N[C@H](C(=O)C(F)(F)F)C(C)C)cc1. The topological polar surface area (TPSA) is 134 Å². The third kappa shape index (κ3) is 8.17. The van der Waals surface area contributed by atoms with Crippen LogP contribution in [0, 0.1) is 5.92 Å². The Labute approximate surface area is 219 Å². The lowest BCUT2D eigenvalue weighted by Crippen LogP contribution is -2.55. The molecule has 0 radical (unpaired) electrons. The number of ether oxygens (including phenoxy) is 1. The molecule has 3 amide bonds. The van der Waals surface area contributed by atoms with Gasteiger partial charge in [-0.3, -0.25) is 19.2 Å². The molecule has 0 bridgehead atoms. The summed E-state index contributed by atoms with van der Waals surface area (Å²) in [5.74, 6) is -5.50. The summed E-state index contributed by atoms with van der Waals surface area (Å²) in [4.78, 5) is 50.4. The second kappa shape index (κ2) is 12.9. The van der Waals surface area contributed by atoms with Gasteiger partial charge in [-0.1, -0.05) is 37.6 Å². The third-order valence-electron chi connectivity index (χ3n) is 5.13. The fourth-order valence-electron chi connectivity index (χ4n) is 3.15. The van der Waals surface area contributed by atoms with Gasteiger partial charge in [-0.25, -0.2) is 0 Å². The van der Waals surface area contributed by atoms with Crippen molar-refractivity contribution in [1.82, 2.24) is 16.0 Å². The van der Waals surface area contributed by atoms with E-state index in [1.807, 2.05) is 0 Å². The number of nitrogens with one attached hydrogen (secondary N) is 3. The summed E-state index contributed by atoms with van der Waals surface area (Å²) in [6.45, 7) is 1.79. The molecule has 202 valence electrons. The van der Waals surface area contributed by atoms with E-state index in [2.05, 4.69) is 16.0 Å². The zero-order valence-electron chi connectivity index (χ0n) is 19.9. The molecule has 37 heavy (non-hydrogen) atoms. The molecule has 3 atom stereocenters. The molecule has 14 heteroatoms. The van der Waals surface area contributed by atoms with Gasteiger partial charge < -0.3 is 25.8 Å². The van der Waals surface area contributed by atoms with Crippen LogP contribution in [0.4, 0.5) is 13.2 Å². The molecule has 1 heterocycles. The normalized spacial score (nSPS) is 13.9. The Morgan fingerprint density at radius 2 is 1.62 bits per heavy atom. The molecular weight excluding hydrogens is 539 g/mol. The monoisotopic (exact) mass is 563 g/mol. The molecule has 0 saturated carbocycles. The minimum atomic E-state index is -5.20. The average Bonchev–Trinajstić information content (AvgIpc) is 3.29. The fraction of sp³-hybridized carbons (Fsp3) is 0.391. The van der Waals surface area contributed by atoms with Crippen molar-refractivity contribution >= 4 is 46.4 Å². The molecular formula is C23H25ClF3N3O6S. The van der Waals surface area contributed by atoms with Crippen LogP contribution >= 0.6 is 22.9 Å². The van der Waals surface area contributed by atoms with Crippen molar-refractivity contribution in [2.24, 2.45) is 5.92 Å². The summed E-state index contributed by atoms with van der Waals surface area (Å²) in [5, 5.41) is 16.4. The number of aliphatic hydroxyl groups excluding tert-OH is 1. The smallest absolute Gasteiger partial charge is 0.452 e. The summed E-state index contributed by atoms with van der Waals surface area (Å²) < 4.78 is 44.6. The molecule has 1 aromatic heterocycles. The number of alkyl halides is 3. The summed E-state index contributed by atoms with van der Waals surface area (Å²) >= 11 is 6.74. The highest BCUT2D eigenvalue weighted by Crippen LogP contribution is 2.24. The van der Waals surface area contributed by atoms with Crippen LogP contribution < -0.4 is 20.7 Å². The highest BCUT2D eigenvalue weighted by Gasteiger charge is 2.45. The molecule has 2 rings (SSSR count). The van der Waals surface area contributed by atoms with Crippen molar-refractivity contribution in [3.8, 4) is 5.75 Å². The van der Waals surface area contributed by atoms with E-state index in [1.165, 1.54) is 57.4 Å². The van der Waals surface area contributed by atoms with Gasteiger partial charge in [0.1, 0.15) is 17.8 Å². The number of thiophene rings is 1. The van der Waals surface area contributed by atoms with Crippen LogP contribution in [0.2, 0.25) is 4.34 Å². The largest absolute Gasteiger partial charge is 0.497 e. The Hall–Kier alpha value is -3.16. The maximum Gasteiger partial charge on any atom is 0.452 e. The maximum atomic E-state index is 13.1. The van der Waals surface area contributed by atoms with Crippen molar-refractivity contribution in [2.45, 2.75) is 38.1 Å². The van der Waals surface area contributed by atoms with Gasteiger partial charge in [-0.15, -0.1) is 11.3 Å². The van der Waals surface area contributed by atoms with Crippen LogP contribution in [0.5, 0.6) is 5.75 Å². The standard InChI is InChI=1S/C23H25ClF3N3O6S/c1-11(2)17(19(32)23(25,26)27)29-22(35)18(12-4-6-13(36-3)7-5-12)30-20(33)14(10-31)28-21(34)15-8-9-16(24)37-15/h4-9,11,14,17-18,31H,10H2,1-3H3,(H,28,34)(H,29,35)(H,30,33)/t14-,17-,18-/m0/s1. The van der Waals surface area contributed by atoms with E-state index in [-0.39, 0.29) is 10.4 Å². The molecule has 2 aromatic rings. The van der Waals surface area contributed by atoms with E-state index in [1.54, 1.807) is 0 Å². The Kier molecular flexibility index (Phi) is 10.5.